The molecule has 2 N–H and O–H groups in total. The third kappa shape index (κ3) is 3.18. The number of allylic oxidation sites excluding steroid dienone is 1. The molecule has 1 aromatic carbocycles. The molecular weight excluding hydrogens is 344 g/mol. The summed E-state index contributed by atoms with van der Waals surface area (Å²) < 4.78 is 11.6. The normalized spacial score (nSPS) is 10.9. The Bertz CT molecular complexity index is 990. The molecule has 0 aliphatic rings. The summed E-state index contributed by atoms with van der Waals surface area (Å²) >= 11 is 0. The summed E-state index contributed by atoms with van der Waals surface area (Å²) in [5.41, 5.74) is -1.73. The van der Waals surface area contributed by atoms with Gasteiger partial charge in [-0.2, -0.15) is 0 Å². The molecule has 0 saturated heterocycles. The first-order chi connectivity index (χ1) is 12.2. The molecule has 2 aromatic rings. The SMILES string of the molecule is COc1cc(/C=C/C(=O)c2c(O)n(C)c(=O)n(C)c2=O)cc(OC)c1O. The van der Waals surface area contributed by atoms with Crippen LogP contribution in [-0.2, 0) is 14.1 Å². The third-order valence-corrected chi connectivity index (χ3v) is 3.81. The second-order valence-corrected chi connectivity index (χ2v) is 5.38. The number of nitrogens with zero attached hydrogens (tertiary/aromatic N) is 2. The lowest BCUT2D eigenvalue weighted by atomic mass is 10.1. The van der Waals surface area contributed by atoms with Crippen LogP contribution in [0.5, 0.6) is 23.1 Å². The smallest absolute Gasteiger partial charge is 0.333 e. The van der Waals surface area contributed by atoms with Crippen LogP contribution in [-0.4, -0.2) is 39.4 Å². The molecule has 2 rings (SSSR count). The van der Waals surface area contributed by atoms with Crippen molar-refractivity contribution in [2.24, 2.45) is 14.1 Å². The summed E-state index contributed by atoms with van der Waals surface area (Å²) in [5, 5.41) is 19.9. The Balaban J connectivity index is 2.49. The van der Waals surface area contributed by atoms with Crippen LogP contribution in [0, 0.1) is 0 Å². The van der Waals surface area contributed by atoms with Gasteiger partial charge in [0.2, 0.25) is 11.6 Å². The number of aromatic hydroxyl groups is 2. The Morgan fingerprint density at radius 2 is 1.58 bits per heavy atom. The van der Waals surface area contributed by atoms with Crippen LogP contribution >= 0.6 is 0 Å². The van der Waals surface area contributed by atoms with Gasteiger partial charge in [0.1, 0.15) is 5.56 Å². The van der Waals surface area contributed by atoms with Crippen molar-refractivity contribution < 1.29 is 24.5 Å². The first-order valence-corrected chi connectivity index (χ1v) is 7.39. The maximum Gasteiger partial charge on any atom is 0.333 e. The standard InChI is InChI=1S/C17H18N2O7/c1-18-15(22)13(16(23)19(2)17(18)24)10(20)6-5-9-7-11(25-3)14(21)12(8-9)26-4/h5-8,21-22H,1-4H3/b6-5+. The van der Waals surface area contributed by atoms with Crippen LogP contribution in [0.2, 0.25) is 0 Å². The topological polar surface area (TPSA) is 120 Å². The van der Waals surface area contributed by atoms with Crippen molar-refractivity contribution in [3.63, 3.8) is 0 Å². The van der Waals surface area contributed by atoms with Crippen molar-refractivity contribution >= 4 is 11.9 Å². The number of carbonyl (C=O) groups is 1. The zero-order chi connectivity index (χ0) is 19.6. The Morgan fingerprint density at radius 3 is 2.08 bits per heavy atom. The molecular formula is C17H18N2O7. The fourth-order valence-corrected chi connectivity index (χ4v) is 2.31. The average Bonchev–Trinajstić information content (AvgIpc) is 2.63. The summed E-state index contributed by atoms with van der Waals surface area (Å²) in [7, 11) is 5.17. The summed E-state index contributed by atoms with van der Waals surface area (Å²) in [6, 6.07) is 2.92. The van der Waals surface area contributed by atoms with Crippen molar-refractivity contribution in [3.8, 4) is 23.1 Å². The monoisotopic (exact) mass is 362 g/mol. The van der Waals surface area contributed by atoms with Crippen LogP contribution < -0.4 is 20.7 Å². The minimum absolute atomic E-state index is 0.136. The predicted molar refractivity (Wildman–Crippen MR) is 93.2 cm³/mol. The molecule has 26 heavy (non-hydrogen) atoms. The summed E-state index contributed by atoms with van der Waals surface area (Å²) in [5.74, 6) is -1.42. The van der Waals surface area contributed by atoms with E-state index in [1.807, 2.05) is 0 Å². The third-order valence-electron chi connectivity index (χ3n) is 3.81. The van der Waals surface area contributed by atoms with Crippen molar-refractivity contribution in [1.29, 1.82) is 0 Å². The lowest BCUT2D eigenvalue weighted by Crippen LogP contribution is -2.39. The van der Waals surface area contributed by atoms with Crippen molar-refractivity contribution in [1.82, 2.24) is 9.13 Å². The van der Waals surface area contributed by atoms with E-state index in [2.05, 4.69) is 0 Å². The summed E-state index contributed by atoms with van der Waals surface area (Å²) in [6.07, 6.45) is 2.42. The van der Waals surface area contributed by atoms with Gasteiger partial charge in [0.05, 0.1) is 14.2 Å². The molecule has 0 unspecified atom stereocenters. The highest BCUT2D eigenvalue weighted by atomic mass is 16.5. The molecule has 0 fully saturated rings. The lowest BCUT2D eigenvalue weighted by Gasteiger charge is -2.09. The van der Waals surface area contributed by atoms with Gasteiger partial charge in [-0.05, 0) is 23.8 Å². The number of hydrogen-bond acceptors (Lipinski definition) is 7. The number of ether oxygens (including phenoxy) is 2. The Morgan fingerprint density at radius 1 is 1.04 bits per heavy atom. The van der Waals surface area contributed by atoms with Gasteiger partial charge < -0.3 is 19.7 Å². The number of aromatic nitrogens is 2. The first kappa shape index (κ1) is 18.8. The minimum atomic E-state index is -0.902. The van der Waals surface area contributed by atoms with Gasteiger partial charge in [0, 0.05) is 14.1 Å². The molecule has 0 bridgehead atoms. The maximum absolute atomic E-state index is 12.4. The number of rotatable bonds is 5. The van der Waals surface area contributed by atoms with E-state index >= 15 is 0 Å². The Hall–Kier alpha value is -3.49. The van der Waals surface area contributed by atoms with E-state index < -0.39 is 28.5 Å². The number of phenolic OH excluding ortho intramolecular Hbond substituents is 1. The average molecular weight is 362 g/mol. The molecule has 0 atom stereocenters. The molecule has 0 saturated carbocycles. The minimum Gasteiger partial charge on any atom is -0.502 e. The molecule has 0 aliphatic carbocycles. The highest BCUT2D eigenvalue weighted by Gasteiger charge is 2.20. The van der Waals surface area contributed by atoms with E-state index in [0.29, 0.717) is 5.56 Å². The zero-order valence-corrected chi connectivity index (χ0v) is 14.6. The number of hydrogen-bond donors (Lipinski definition) is 2. The van der Waals surface area contributed by atoms with Crippen LogP contribution in [0.25, 0.3) is 6.08 Å². The largest absolute Gasteiger partial charge is 0.502 e. The zero-order valence-electron chi connectivity index (χ0n) is 14.6. The van der Waals surface area contributed by atoms with Crippen molar-refractivity contribution in [2.75, 3.05) is 14.2 Å². The van der Waals surface area contributed by atoms with E-state index in [1.54, 1.807) is 0 Å². The van der Waals surface area contributed by atoms with E-state index in [1.165, 1.54) is 46.5 Å². The van der Waals surface area contributed by atoms with E-state index in [9.17, 15) is 24.6 Å². The van der Waals surface area contributed by atoms with Gasteiger partial charge in [-0.1, -0.05) is 6.08 Å². The molecule has 9 nitrogen and oxygen atoms in total. The fraction of sp³-hybridized carbons (Fsp3) is 0.235. The molecule has 0 radical (unpaired) electrons. The second kappa shape index (κ2) is 7.18. The quantitative estimate of drug-likeness (QED) is 0.584. The van der Waals surface area contributed by atoms with E-state index in [0.717, 1.165) is 15.2 Å². The van der Waals surface area contributed by atoms with Gasteiger partial charge in [-0.25, -0.2) is 4.79 Å². The molecule has 1 aromatic heterocycles. The number of benzene rings is 1. The van der Waals surface area contributed by atoms with Crippen LogP contribution in [0.1, 0.15) is 15.9 Å². The lowest BCUT2D eigenvalue weighted by molar-refractivity contribution is 0.104. The fourth-order valence-electron chi connectivity index (χ4n) is 2.31. The number of carbonyl (C=O) groups excluding carboxylic acids is 1. The highest BCUT2D eigenvalue weighted by molar-refractivity contribution is 6.08. The van der Waals surface area contributed by atoms with Crippen LogP contribution in [0.15, 0.2) is 27.8 Å². The highest BCUT2D eigenvalue weighted by Crippen LogP contribution is 2.37. The van der Waals surface area contributed by atoms with Gasteiger partial charge in [-0.15, -0.1) is 0 Å². The van der Waals surface area contributed by atoms with E-state index in [-0.39, 0.29) is 17.2 Å². The predicted octanol–water partition coefficient (Wildman–Crippen LogP) is 0.409. The second-order valence-electron chi connectivity index (χ2n) is 5.38. The van der Waals surface area contributed by atoms with Gasteiger partial charge in [-0.3, -0.25) is 18.7 Å². The summed E-state index contributed by atoms with van der Waals surface area (Å²) in [6.45, 7) is 0. The van der Waals surface area contributed by atoms with Crippen molar-refractivity contribution in [2.45, 2.75) is 0 Å². The molecule has 9 heteroatoms. The van der Waals surface area contributed by atoms with Gasteiger partial charge in [0.15, 0.2) is 17.3 Å². The molecule has 0 spiro atoms. The number of phenols is 1. The summed E-state index contributed by atoms with van der Waals surface area (Å²) in [4.78, 5) is 36.2. The van der Waals surface area contributed by atoms with Crippen molar-refractivity contribution in [3.05, 3.63) is 50.2 Å². The Labute approximate surface area is 148 Å². The molecule has 138 valence electrons. The van der Waals surface area contributed by atoms with Gasteiger partial charge in [0.25, 0.3) is 5.56 Å². The van der Waals surface area contributed by atoms with Gasteiger partial charge >= 0.3 is 5.69 Å². The Kier molecular flexibility index (Phi) is 5.20. The van der Waals surface area contributed by atoms with E-state index in [4.69, 9.17) is 9.47 Å². The molecule has 0 amide bonds. The maximum atomic E-state index is 12.4. The molecule has 0 aliphatic heterocycles. The molecule has 1 heterocycles. The van der Waals surface area contributed by atoms with Crippen LogP contribution in [0.4, 0.5) is 0 Å². The van der Waals surface area contributed by atoms with Crippen LogP contribution in [0.3, 0.4) is 0 Å². The first-order valence-electron chi connectivity index (χ1n) is 7.39. The number of ketones is 1. The number of methoxy groups -OCH3 is 2.